The van der Waals surface area contributed by atoms with Gasteiger partial charge in [0.2, 0.25) is 0 Å². The molecular weight excluding hydrogens is 236 g/mol. The predicted molar refractivity (Wildman–Crippen MR) is 80.0 cm³/mol. The fraction of sp³-hybridized carbons (Fsp3) is 0.824. The van der Waals surface area contributed by atoms with E-state index in [4.69, 9.17) is 4.74 Å². The van der Waals surface area contributed by atoms with E-state index in [1.54, 1.807) is 0 Å². The molecule has 0 amide bonds. The average molecular weight is 266 g/mol. The van der Waals surface area contributed by atoms with E-state index in [0.29, 0.717) is 0 Å². The van der Waals surface area contributed by atoms with Gasteiger partial charge >= 0.3 is 5.97 Å². The zero-order valence-electron chi connectivity index (χ0n) is 13.5. The van der Waals surface area contributed by atoms with Crippen molar-refractivity contribution in [1.29, 1.82) is 0 Å². The topological polar surface area (TPSA) is 26.3 Å². The van der Waals surface area contributed by atoms with Gasteiger partial charge in [-0.25, -0.2) is 0 Å². The number of carbonyl (C=O) groups is 1. The van der Waals surface area contributed by atoms with Gasteiger partial charge in [-0.2, -0.15) is 0 Å². The second-order valence-corrected chi connectivity index (χ2v) is 7.09. The lowest BCUT2D eigenvalue weighted by Crippen LogP contribution is -2.49. The van der Waals surface area contributed by atoms with Gasteiger partial charge in [-0.05, 0) is 32.6 Å². The van der Waals surface area contributed by atoms with E-state index in [1.165, 1.54) is 18.9 Å². The summed E-state index contributed by atoms with van der Waals surface area (Å²) in [6.45, 7) is 12.6. The van der Waals surface area contributed by atoms with E-state index < -0.39 is 0 Å². The molecule has 0 N–H and O–H groups in total. The Morgan fingerprint density at radius 2 is 1.89 bits per heavy atom. The minimum Gasteiger partial charge on any atom is -0.461 e. The summed E-state index contributed by atoms with van der Waals surface area (Å²) < 4.78 is 5.72. The first kappa shape index (κ1) is 16.3. The molecule has 1 unspecified atom stereocenters. The molecule has 1 saturated carbocycles. The molecular formula is C17H30O2. The maximum Gasteiger partial charge on any atom is 0.302 e. The summed E-state index contributed by atoms with van der Waals surface area (Å²) in [6.07, 6.45) is 7.95. The summed E-state index contributed by atoms with van der Waals surface area (Å²) >= 11 is 0. The third-order valence-electron chi connectivity index (χ3n) is 4.67. The highest BCUT2D eigenvalue weighted by Crippen LogP contribution is 2.50. The minimum absolute atomic E-state index is 0.0205. The Labute approximate surface area is 118 Å². The van der Waals surface area contributed by atoms with Gasteiger partial charge in [0.1, 0.15) is 6.10 Å². The SMILES string of the molecule is CC/C(C)=C\C[C@]1(C)CCCC(C)(C)C1OC(C)=O. The Morgan fingerprint density at radius 3 is 2.42 bits per heavy atom. The Morgan fingerprint density at radius 1 is 1.26 bits per heavy atom. The number of hydrogen-bond donors (Lipinski definition) is 0. The lowest BCUT2D eigenvalue weighted by molar-refractivity contribution is -0.170. The van der Waals surface area contributed by atoms with Gasteiger partial charge in [-0.3, -0.25) is 4.79 Å². The van der Waals surface area contributed by atoms with Crippen LogP contribution in [0, 0.1) is 10.8 Å². The number of esters is 1. The van der Waals surface area contributed by atoms with E-state index in [0.717, 1.165) is 25.7 Å². The van der Waals surface area contributed by atoms with Crippen LogP contribution in [0.5, 0.6) is 0 Å². The van der Waals surface area contributed by atoms with Gasteiger partial charge in [-0.15, -0.1) is 0 Å². The highest BCUT2D eigenvalue weighted by Gasteiger charge is 2.48. The van der Waals surface area contributed by atoms with Gasteiger partial charge in [0.15, 0.2) is 0 Å². The number of hydrogen-bond acceptors (Lipinski definition) is 2. The number of allylic oxidation sites excluding steroid dienone is 2. The molecule has 1 aliphatic rings. The van der Waals surface area contributed by atoms with Crippen LogP contribution in [-0.4, -0.2) is 12.1 Å². The van der Waals surface area contributed by atoms with Crippen LogP contribution in [0.1, 0.15) is 73.6 Å². The highest BCUT2D eigenvalue weighted by molar-refractivity contribution is 5.66. The molecule has 19 heavy (non-hydrogen) atoms. The average Bonchev–Trinajstić information content (AvgIpc) is 2.31. The highest BCUT2D eigenvalue weighted by atomic mass is 16.5. The van der Waals surface area contributed by atoms with E-state index in [1.807, 2.05) is 0 Å². The molecule has 0 bridgehead atoms. The van der Waals surface area contributed by atoms with Crippen LogP contribution in [0.4, 0.5) is 0 Å². The fourth-order valence-corrected chi connectivity index (χ4v) is 3.38. The summed E-state index contributed by atoms with van der Waals surface area (Å²) in [4.78, 5) is 11.4. The van der Waals surface area contributed by atoms with Crippen molar-refractivity contribution in [2.75, 3.05) is 0 Å². The van der Waals surface area contributed by atoms with Crippen LogP contribution in [0.15, 0.2) is 11.6 Å². The van der Waals surface area contributed by atoms with E-state index in [2.05, 4.69) is 40.7 Å². The summed E-state index contributed by atoms with van der Waals surface area (Å²) in [5, 5.41) is 0. The zero-order chi connectivity index (χ0) is 14.7. The van der Waals surface area contributed by atoms with E-state index >= 15 is 0 Å². The predicted octanol–water partition coefficient (Wildman–Crippen LogP) is 4.88. The number of carbonyl (C=O) groups excluding carboxylic acids is 1. The third-order valence-corrected chi connectivity index (χ3v) is 4.67. The zero-order valence-corrected chi connectivity index (χ0v) is 13.5. The molecule has 110 valence electrons. The molecule has 2 nitrogen and oxygen atoms in total. The van der Waals surface area contributed by atoms with Crippen molar-refractivity contribution in [3.05, 3.63) is 11.6 Å². The van der Waals surface area contributed by atoms with Crippen molar-refractivity contribution >= 4 is 5.97 Å². The lowest BCUT2D eigenvalue weighted by atomic mass is 9.60. The molecule has 0 aromatic carbocycles. The van der Waals surface area contributed by atoms with Crippen LogP contribution in [0.3, 0.4) is 0 Å². The van der Waals surface area contributed by atoms with Crippen LogP contribution in [-0.2, 0) is 9.53 Å². The number of rotatable bonds is 4. The molecule has 0 saturated heterocycles. The normalized spacial score (nSPS) is 31.1. The third kappa shape index (κ3) is 4.09. The van der Waals surface area contributed by atoms with Crippen LogP contribution in [0.2, 0.25) is 0 Å². The molecule has 2 heteroatoms. The minimum atomic E-state index is -0.151. The Hall–Kier alpha value is -0.790. The molecule has 0 radical (unpaired) electrons. The standard InChI is InChI=1S/C17H30O2/c1-7-13(2)9-12-17(6)11-8-10-16(4,5)15(17)19-14(3)18/h9,15H,7-8,10-12H2,1-6H3/b13-9-/t15?,17-/m0/s1. The van der Waals surface area contributed by atoms with Crippen LogP contribution >= 0.6 is 0 Å². The fourth-order valence-electron chi connectivity index (χ4n) is 3.38. The monoisotopic (exact) mass is 266 g/mol. The van der Waals surface area contributed by atoms with Gasteiger partial charge in [-0.1, -0.05) is 45.8 Å². The van der Waals surface area contributed by atoms with Crippen molar-refractivity contribution in [3.8, 4) is 0 Å². The second kappa shape index (κ2) is 6.11. The Kier molecular flexibility index (Phi) is 5.23. The van der Waals surface area contributed by atoms with Gasteiger partial charge < -0.3 is 4.74 Å². The molecule has 1 aliphatic carbocycles. The molecule has 0 aromatic heterocycles. The molecule has 1 fully saturated rings. The molecule has 0 spiro atoms. The maximum absolute atomic E-state index is 11.4. The first-order chi connectivity index (χ1) is 8.71. The quantitative estimate of drug-likeness (QED) is 0.535. The van der Waals surface area contributed by atoms with E-state index in [9.17, 15) is 4.79 Å². The lowest BCUT2D eigenvalue weighted by Gasteiger charge is -2.49. The van der Waals surface area contributed by atoms with Gasteiger partial charge in [0, 0.05) is 17.8 Å². The Bertz CT molecular complexity index is 354. The molecule has 2 atom stereocenters. The first-order valence-corrected chi connectivity index (χ1v) is 7.54. The summed E-state index contributed by atoms with van der Waals surface area (Å²) in [5.74, 6) is -0.151. The molecule has 1 rings (SSSR count). The van der Waals surface area contributed by atoms with Crippen molar-refractivity contribution in [2.24, 2.45) is 10.8 Å². The van der Waals surface area contributed by atoms with Crippen LogP contribution in [0.25, 0.3) is 0 Å². The number of ether oxygens (including phenoxy) is 1. The largest absolute Gasteiger partial charge is 0.461 e. The maximum atomic E-state index is 11.4. The van der Waals surface area contributed by atoms with Gasteiger partial charge in [0.25, 0.3) is 0 Å². The molecule has 0 heterocycles. The molecule has 0 aromatic rings. The summed E-state index contributed by atoms with van der Waals surface area (Å²) in [6, 6.07) is 0. The van der Waals surface area contributed by atoms with Crippen molar-refractivity contribution < 1.29 is 9.53 Å². The van der Waals surface area contributed by atoms with Gasteiger partial charge in [0.05, 0.1) is 0 Å². The van der Waals surface area contributed by atoms with Crippen molar-refractivity contribution in [2.45, 2.75) is 79.8 Å². The first-order valence-electron chi connectivity index (χ1n) is 7.54. The van der Waals surface area contributed by atoms with Crippen molar-refractivity contribution in [1.82, 2.24) is 0 Å². The van der Waals surface area contributed by atoms with Crippen LogP contribution < -0.4 is 0 Å². The summed E-state index contributed by atoms with van der Waals surface area (Å²) in [7, 11) is 0. The Balaban J connectivity index is 2.95. The second-order valence-electron chi connectivity index (χ2n) is 7.09. The molecule has 0 aliphatic heterocycles. The summed E-state index contributed by atoms with van der Waals surface area (Å²) in [5.41, 5.74) is 1.57. The van der Waals surface area contributed by atoms with Crippen molar-refractivity contribution in [3.63, 3.8) is 0 Å². The van der Waals surface area contributed by atoms with E-state index in [-0.39, 0.29) is 22.9 Å². The smallest absolute Gasteiger partial charge is 0.302 e.